The van der Waals surface area contributed by atoms with Gasteiger partial charge in [0.1, 0.15) is 11.5 Å². The van der Waals surface area contributed by atoms with E-state index < -0.39 is 0 Å². The van der Waals surface area contributed by atoms with Gasteiger partial charge in [0, 0.05) is 19.5 Å². The fraction of sp³-hybridized carbons (Fsp3) is 0.714. The smallest absolute Gasteiger partial charge is 0.222 e. The van der Waals surface area contributed by atoms with E-state index in [1.54, 1.807) is 4.90 Å². The summed E-state index contributed by atoms with van der Waals surface area (Å²) < 4.78 is 5.01. The molecule has 1 amide bonds. The van der Waals surface area contributed by atoms with Gasteiger partial charge in [0.2, 0.25) is 5.91 Å². The lowest BCUT2D eigenvalue weighted by molar-refractivity contribution is -0.130. The maximum atomic E-state index is 12.0. The Kier molecular flexibility index (Phi) is 7.02. The maximum absolute atomic E-state index is 12.0. The highest BCUT2D eigenvalue weighted by atomic mass is 35.5. The van der Waals surface area contributed by atoms with E-state index in [0.717, 1.165) is 31.0 Å². The van der Waals surface area contributed by atoms with Gasteiger partial charge in [-0.05, 0) is 45.2 Å². The van der Waals surface area contributed by atoms with Gasteiger partial charge < -0.3 is 14.7 Å². The van der Waals surface area contributed by atoms with Gasteiger partial charge in [-0.15, -0.1) is 12.4 Å². The summed E-state index contributed by atoms with van der Waals surface area (Å²) in [6, 6.07) is 1.87. The number of piperidine rings is 1. The SMILES string of the molecule is Cc1cc(CN(C)C(=O)CCC2CCNCC2)no1.Cl. The predicted octanol–water partition coefficient (Wildman–Crippen LogP) is 2.14. The fourth-order valence-corrected chi connectivity index (χ4v) is 2.51. The number of halogens is 1. The monoisotopic (exact) mass is 301 g/mol. The number of hydrogen-bond donors (Lipinski definition) is 1. The summed E-state index contributed by atoms with van der Waals surface area (Å²) in [5.41, 5.74) is 0.815. The highest BCUT2D eigenvalue weighted by molar-refractivity contribution is 5.85. The molecule has 1 fully saturated rings. The minimum absolute atomic E-state index is 0. The van der Waals surface area contributed by atoms with Crippen molar-refractivity contribution in [2.75, 3.05) is 20.1 Å². The molecule has 1 aliphatic heterocycles. The molecule has 0 radical (unpaired) electrons. The van der Waals surface area contributed by atoms with Crippen LogP contribution in [0.25, 0.3) is 0 Å². The molecule has 2 rings (SSSR count). The summed E-state index contributed by atoms with van der Waals surface area (Å²) in [6.45, 7) is 4.57. The van der Waals surface area contributed by atoms with Gasteiger partial charge in [0.25, 0.3) is 0 Å². The Balaban J connectivity index is 0.00000200. The zero-order valence-electron chi connectivity index (χ0n) is 12.2. The lowest BCUT2D eigenvalue weighted by atomic mass is 9.93. The summed E-state index contributed by atoms with van der Waals surface area (Å²) in [7, 11) is 1.83. The third kappa shape index (κ3) is 5.13. The van der Waals surface area contributed by atoms with Gasteiger partial charge in [0.15, 0.2) is 0 Å². The van der Waals surface area contributed by atoms with Crippen LogP contribution in [0, 0.1) is 12.8 Å². The lowest BCUT2D eigenvalue weighted by Gasteiger charge is -2.23. The van der Waals surface area contributed by atoms with Crippen LogP contribution in [0.4, 0.5) is 0 Å². The number of rotatable bonds is 5. The second-order valence-electron chi connectivity index (χ2n) is 5.41. The Morgan fingerprint density at radius 2 is 2.20 bits per heavy atom. The largest absolute Gasteiger partial charge is 0.361 e. The molecular formula is C14H24ClN3O2. The number of aromatic nitrogens is 1. The third-order valence-corrected chi connectivity index (χ3v) is 3.73. The topological polar surface area (TPSA) is 58.4 Å². The third-order valence-electron chi connectivity index (χ3n) is 3.73. The molecule has 1 aliphatic rings. The van der Waals surface area contributed by atoms with Gasteiger partial charge in [-0.1, -0.05) is 5.16 Å². The van der Waals surface area contributed by atoms with Crippen LogP contribution in [0.3, 0.4) is 0 Å². The fourth-order valence-electron chi connectivity index (χ4n) is 2.51. The van der Waals surface area contributed by atoms with Crippen molar-refractivity contribution in [1.82, 2.24) is 15.4 Å². The number of carbonyl (C=O) groups excluding carboxylic acids is 1. The molecule has 6 heteroatoms. The second-order valence-corrected chi connectivity index (χ2v) is 5.41. The molecule has 2 heterocycles. The van der Waals surface area contributed by atoms with E-state index in [1.807, 2.05) is 20.0 Å². The molecule has 0 saturated carbocycles. The van der Waals surface area contributed by atoms with Gasteiger partial charge in [-0.2, -0.15) is 0 Å². The summed E-state index contributed by atoms with van der Waals surface area (Å²) in [6.07, 6.45) is 4.03. The van der Waals surface area contributed by atoms with Crippen molar-refractivity contribution >= 4 is 18.3 Å². The van der Waals surface area contributed by atoms with E-state index in [4.69, 9.17) is 4.52 Å². The number of nitrogens with zero attached hydrogens (tertiary/aromatic N) is 2. The molecular weight excluding hydrogens is 278 g/mol. The van der Waals surface area contributed by atoms with Crippen molar-refractivity contribution in [1.29, 1.82) is 0 Å². The Bertz CT molecular complexity index is 416. The molecule has 1 N–H and O–H groups in total. The van der Waals surface area contributed by atoms with Crippen molar-refractivity contribution in [3.63, 3.8) is 0 Å². The molecule has 0 unspecified atom stereocenters. The summed E-state index contributed by atoms with van der Waals surface area (Å²) in [4.78, 5) is 13.8. The van der Waals surface area contributed by atoms with E-state index >= 15 is 0 Å². The van der Waals surface area contributed by atoms with E-state index in [0.29, 0.717) is 18.9 Å². The molecule has 5 nitrogen and oxygen atoms in total. The summed E-state index contributed by atoms with van der Waals surface area (Å²) >= 11 is 0. The van der Waals surface area contributed by atoms with E-state index in [2.05, 4.69) is 10.5 Å². The molecule has 1 saturated heterocycles. The lowest BCUT2D eigenvalue weighted by Crippen LogP contribution is -2.30. The highest BCUT2D eigenvalue weighted by Crippen LogP contribution is 2.18. The van der Waals surface area contributed by atoms with Crippen molar-refractivity contribution in [2.45, 2.75) is 39.2 Å². The van der Waals surface area contributed by atoms with Crippen LogP contribution in [-0.2, 0) is 11.3 Å². The van der Waals surface area contributed by atoms with Gasteiger partial charge >= 0.3 is 0 Å². The highest BCUT2D eigenvalue weighted by Gasteiger charge is 2.17. The number of aryl methyl sites for hydroxylation is 1. The first-order valence-electron chi connectivity index (χ1n) is 7.02. The van der Waals surface area contributed by atoms with Crippen molar-refractivity contribution in [2.24, 2.45) is 5.92 Å². The van der Waals surface area contributed by atoms with Crippen LogP contribution in [0.15, 0.2) is 10.6 Å². The van der Waals surface area contributed by atoms with Crippen LogP contribution in [0.1, 0.15) is 37.1 Å². The van der Waals surface area contributed by atoms with Crippen LogP contribution in [0.2, 0.25) is 0 Å². The van der Waals surface area contributed by atoms with Crippen LogP contribution in [-0.4, -0.2) is 36.1 Å². The average Bonchev–Trinajstić information content (AvgIpc) is 2.82. The predicted molar refractivity (Wildman–Crippen MR) is 79.8 cm³/mol. The van der Waals surface area contributed by atoms with Gasteiger partial charge in [-0.3, -0.25) is 4.79 Å². The Labute approximate surface area is 126 Å². The quantitative estimate of drug-likeness (QED) is 0.905. The van der Waals surface area contributed by atoms with Crippen molar-refractivity contribution in [3.8, 4) is 0 Å². The molecule has 1 aromatic rings. The first-order chi connectivity index (χ1) is 9.15. The first-order valence-corrected chi connectivity index (χ1v) is 7.02. The first kappa shape index (κ1) is 17.0. The Hall–Kier alpha value is -1.07. The van der Waals surface area contributed by atoms with Crippen molar-refractivity contribution in [3.05, 3.63) is 17.5 Å². The molecule has 0 aromatic carbocycles. The molecule has 0 aliphatic carbocycles. The zero-order valence-corrected chi connectivity index (χ0v) is 13.0. The minimum Gasteiger partial charge on any atom is -0.361 e. The zero-order chi connectivity index (χ0) is 13.7. The number of carbonyl (C=O) groups is 1. The molecule has 1 aromatic heterocycles. The standard InChI is InChI=1S/C14H23N3O2.ClH/c1-11-9-13(16-19-11)10-17(2)14(18)4-3-12-5-7-15-8-6-12;/h9,12,15H,3-8,10H2,1-2H3;1H. The normalized spacial score (nSPS) is 15.7. The maximum Gasteiger partial charge on any atom is 0.222 e. The van der Waals surface area contributed by atoms with E-state index in [-0.39, 0.29) is 18.3 Å². The number of nitrogens with one attached hydrogen (secondary N) is 1. The summed E-state index contributed by atoms with van der Waals surface area (Å²) in [5, 5.41) is 7.26. The number of amides is 1. The van der Waals surface area contributed by atoms with E-state index in [1.165, 1.54) is 12.8 Å². The molecule has 0 spiro atoms. The summed E-state index contributed by atoms with van der Waals surface area (Å²) in [5.74, 6) is 1.68. The van der Waals surface area contributed by atoms with Crippen LogP contribution >= 0.6 is 12.4 Å². The minimum atomic E-state index is 0. The number of hydrogen-bond acceptors (Lipinski definition) is 4. The van der Waals surface area contributed by atoms with E-state index in [9.17, 15) is 4.79 Å². The van der Waals surface area contributed by atoms with Crippen molar-refractivity contribution < 1.29 is 9.32 Å². The Morgan fingerprint density at radius 1 is 1.50 bits per heavy atom. The average molecular weight is 302 g/mol. The Morgan fingerprint density at radius 3 is 2.80 bits per heavy atom. The molecule has 20 heavy (non-hydrogen) atoms. The molecule has 0 atom stereocenters. The van der Waals surface area contributed by atoms with Crippen LogP contribution < -0.4 is 5.32 Å². The van der Waals surface area contributed by atoms with Gasteiger partial charge in [-0.25, -0.2) is 0 Å². The molecule has 114 valence electrons. The van der Waals surface area contributed by atoms with Gasteiger partial charge in [0.05, 0.1) is 6.54 Å². The van der Waals surface area contributed by atoms with Crippen LogP contribution in [0.5, 0.6) is 0 Å². The second kappa shape index (κ2) is 8.27. The molecule has 0 bridgehead atoms.